The zero-order valence-corrected chi connectivity index (χ0v) is 13.3. The fraction of sp³-hybridized carbons (Fsp3) is 0.412. The zero-order valence-electron chi connectivity index (χ0n) is 13.3. The van der Waals surface area contributed by atoms with Crippen LogP contribution in [0.2, 0.25) is 0 Å². The number of carbonyl (C=O) groups excluding carboxylic acids is 1. The number of alkyl halides is 3. The number of nitrogens with one attached hydrogen (secondary N) is 1. The molecule has 1 saturated heterocycles. The van der Waals surface area contributed by atoms with Crippen LogP contribution >= 0.6 is 0 Å². The number of methoxy groups -OCH3 is 1. The van der Waals surface area contributed by atoms with Gasteiger partial charge in [0, 0.05) is 24.7 Å². The van der Waals surface area contributed by atoms with Crippen LogP contribution in [0.3, 0.4) is 0 Å². The predicted octanol–water partition coefficient (Wildman–Crippen LogP) is 3.77. The van der Waals surface area contributed by atoms with Gasteiger partial charge in [0.25, 0.3) is 5.91 Å². The normalized spacial score (nSPS) is 16.0. The molecule has 1 amide bonds. The number of hydrogen-bond donors (Lipinski definition) is 1. The molecule has 0 saturated carbocycles. The lowest BCUT2D eigenvalue weighted by molar-refractivity contribution is -0.125. The first-order valence-corrected chi connectivity index (χ1v) is 7.64. The second-order valence-corrected chi connectivity index (χ2v) is 5.55. The molecule has 0 unspecified atom stereocenters. The monoisotopic (exact) mass is 340 g/mol. The summed E-state index contributed by atoms with van der Waals surface area (Å²) in [7, 11) is 0.910. The standard InChI is InChI=1S/C17H19F3N2O2/c1-24-15(17(18,19)20)11-14(21)12-5-7-13(8-6-12)16(23)22-9-3-2-4-10-22/h5-8,11,21H,2-4,9-10H2,1H3/b15-11-,21-14?. The highest BCUT2D eigenvalue weighted by molar-refractivity contribution is 6.07. The maximum Gasteiger partial charge on any atom is 0.448 e. The van der Waals surface area contributed by atoms with Gasteiger partial charge in [-0.25, -0.2) is 0 Å². The smallest absolute Gasteiger partial charge is 0.448 e. The van der Waals surface area contributed by atoms with Gasteiger partial charge in [0.05, 0.1) is 12.8 Å². The Bertz CT molecular complexity index is 630. The molecule has 1 aliphatic rings. The van der Waals surface area contributed by atoms with E-state index in [1.54, 1.807) is 4.90 Å². The molecule has 1 aromatic rings. The Morgan fingerprint density at radius 1 is 1.12 bits per heavy atom. The minimum absolute atomic E-state index is 0.0869. The van der Waals surface area contributed by atoms with Gasteiger partial charge < -0.3 is 15.0 Å². The molecule has 24 heavy (non-hydrogen) atoms. The molecule has 0 radical (unpaired) electrons. The molecule has 0 spiro atoms. The number of halogens is 3. The largest absolute Gasteiger partial charge is 0.492 e. The second kappa shape index (κ2) is 7.51. The molecule has 1 fully saturated rings. The van der Waals surface area contributed by atoms with Crippen LogP contribution in [-0.4, -0.2) is 42.9 Å². The number of nitrogens with zero attached hydrogens (tertiary/aromatic N) is 1. The minimum atomic E-state index is -4.65. The summed E-state index contributed by atoms with van der Waals surface area (Å²) in [5.74, 6) is -1.32. The van der Waals surface area contributed by atoms with Crippen LogP contribution in [0.5, 0.6) is 0 Å². The van der Waals surface area contributed by atoms with Crippen LogP contribution < -0.4 is 0 Å². The van der Waals surface area contributed by atoms with E-state index in [9.17, 15) is 18.0 Å². The molecule has 0 bridgehead atoms. The topological polar surface area (TPSA) is 53.4 Å². The maximum atomic E-state index is 12.6. The van der Waals surface area contributed by atoms with Crippen molar-refractivity contribution >= 4 is 11.6 Å². The fourth-order valence-corrected chi connectivity index (χ4v) is 2.54. The molecule has 0 aromatic heterocycles. The quantitative estimate of drug-likeness (QED) is 0.670. The molecule has 1 heterocycles. The van der Waals surface area contributed by atoms with E-state index in [0.29, 0.717) is 11.6 Å². The average Bonchev–Trinajstić information content (AvgIpc) is 2.58. The summed E-state index contributed by atoms with van der Waals surface area (Å²) in [4.78, 5) is 14.1. The van der Waals surface area contributed by atoms with E-state index < -0.39 is 11.9 Å². The van der Waals surface area contributed by atoms with Crippen LogP contribution in [0.4, 0.5) is 13.2 Å². The van der Waals surface area contributed by atoms with E-state index in [1.807, 2.05) is 0 Å². The van der Waals surface area contributed by atoms with E-state index in [4.69, 9.17) is 5.41 Å². The van der Waals surface area contributed by atoms with Crippen molar-refractivity contribution in [3.05, 3.63) is 47.2 Å². The van der Waals surface area contributed by atoms with Gasteiger partial charge in [0.2, 0.25) is 5.76 Å². The van der Waals surface area contributed by atoms with Crippen molar-refractivity contribution in [2.24, 2.45) is 0 Å². The lowest BCUT2D eigenvalue weighted by atomic mass is 10.0. The number of amides is 1. The van der Waals surface area contributed by atoms with Crippen molar-refractivity contribution < 1.29 is 22.7 Å². The van der Waals surface area contributed by atoms with Crippen molar-refractivity contribution in [3.63, 3.8) is 0 Å². The number of allylic oxidation sites excluding steroid dienone is 2. The molecular weight excluding hydrogens is 321 g/mol. The molecule has 2 rings (SSSR count). The average molecular weight is 340 g/mol. The van der Waals surface area contributed by atoms with Crippen LogP contribution in [0.1, 0.15) is 35.2 Å². The third kappa shape index (κ3) is 4.37. The zero-order chi connectivity index (χ0) is 17.7. The highest BCUT2D eigenvalue weighted by Gasteiger charge is 2.35. The summed E-state index contributed by atoms with van der Waals surface area (Å²) >= 11 is 0. The Morgan fingerprint density at radius 2 is 1.67 bits per heavy atom. The Labute approximate surface area is 138 Å². The summed E-state index contributed by atoms with van der Waals surface area (Å²) in [6.07, 6.45) is -0.938. The van der Waals surface area contributed by atoms with Crippen LogP contribution in [0, 0.1) is 5.41 Å². The van der Waals surface area contributed by atoms with E-state index in [0.717, 1.165) is 39.5 Å². The van der Waals surface area contributed by atoms with E-state index in [1.165, 1.54) is 24.3 Å². The third-order valence-electron chi connectivity index (χ3n) is 3.86. The first kappa shape index (κ1) is 18.0. The number of hydrogen-bond acceptors (Lipinski definition) is 3. The van der Waals surface area contributed by atoms with Crippen molar-refractivity contribution in [3.8, 4) is 0 Å². The lowest BCUT2D eigenvalue weighted by Gasteiger charge is -2.26. The van der Waals surface area contributed by atoms with Crippen molar-refractivity contribution in [1.82, 2.24) is 4.90 Å². The van der Waals surface area contributed by atoms with Gasteiger partial charge in [-0.3, -0.25) is 4.79 Å². The summed E-state index contributed by atoms with van der Waals surface area (Å²) in [5, 5.41) is 7.77. The van der Waals surface area contributed by atoms with Crippen LogP contribution in [-0.2, 0) is 4.74 Å². The summed E-state index contributed by atoms with van der Waals surface area (Å²) in [6.45, 7) is 1.45. The molecule has 1 aliphatic heterocycles. The SMILES string of the molecule is CO/C(=C\C(=N)c1ccc(C(=O)N2CCCCC2)cc1)C(F)(F)F. The Hall–Kier alpha value is -2.31. The number of rotatable bonds is 4. The molecule has 130 valence electrons. The molecule has 0 aliphatic carbocycles. The number of benzene rings is 1. The second-order valence-electron chi connectivity index (χ2n) is 5.55. The van der Waals surface area contributed by atoms with Gasteiger partial charge in [-0.15, -0.1) is 0 Å². The van der Waals surface area contributed by atoms with Gasteiger partial charge in [0.1, 0.15) is 0 Å². The Kier molecular flexibility index (Phi) is 5.64. The molecule has 0 atom stereocenters. The van der Waals surface area contributed by atoms with Crippen molar-refractivity contribution in [2.45, 2.75) is 25.4 Å². The highest BCUT2D eigenvalue weighted by atomic mass is 19.4. The van der Waals surface area contributed by atoms with Crippen molar-refractivity contribution in [2.75, 3.05) is 20.2 Å². The van der Waals surface area contributed by atoms with Crippen LogP contribution in [0.15, 0.2) is 36.1 Å². The van der Waals surface area contributed by atoms with E-state index >= 15 is 0 Å². The summed E-state index contributed by atoms with van der Waals surface area (Å²) < 4.78 is 42.2. The third-order valence-corrected chi connectivity index (χ3v) is 3.86. The predicted molar refractivity (Wildman–Crippen MR) is 84.2 cm³/mol. The van der Waals surface area contributed by atoms with Gasteiger partial charge >= 0.3 is 6.18 Å². The molecule has 4 nitrogen and oxygen atoms in total. The molecular formula is C17H19F3N2O2. The molecule has 7 heteroatoms. The minimum Gasteiger partial charge on any atom is -0.492 e. The van der Waals surface area contributed by atoms with Gasteiger partial charge in [0.15, 0.2) is 0 Å². The van der Waals surface area contributed by atoms with Crippen LogP contribution in [0.25, 0.3) is 0 Å². The Balaban J connectivity index is 2.12. The highest BCUT2D eigenvalue weighted by Crippen LogP contribution is 2.26. The molecule has 1 N–H and O–H groups in total. The number of carbonyl (C=O) groups is 1. The fourth-order valence-electron chi connectivity index (χ4n) is 2.54. The van der Waals surface area contributed by atoms with Gasteiger partial charge in [-0.1, -0.05) is 12.1 Å². The molecule has 1 aromatic carbocycles. The van der Waals surface area contributed by atoms with E-state index in [-0.39, 0.29) is 17.2 Å². The van der Waals surface area contributed by atoms with Gasteiger partial charge in [-0.2, -0.15) is 13.2 Å². The summed E-state index contributed by atoms with van der Waals surface area (Å²) in [6, 6.07) is 6.02. The number of piperidine rings is 1. The lowest BCUT2D eigenvalue weighted by Crippen LogP contribution is -2.35. The summed E-state index contributed by atoms with van der Waals surface area (Å²) in [5.41, 5.74) is 0.422. The first-order chi connectivity index (χ1) is 11.3. The van der Waals surface area contributed by atoms with Crippen molar-refractivity contribution in [1.29, 1.82) is 5.41 Å². The number of likely N-dealkylation sites (tertiary alicyclic amines) is 1. The van der Waals surface area contributed by atoms with E-state index in [2.05, 4.69) is 4.74 Å². The Morgan fingerprint density at radius 3 is 2.17 bits per heavy atom. The first-order valence-electron chi connectivity index (χ1n) is 7.64. The van der Waals surface area contributed by atoms with Gasteiger partial charge in [-0.05, 0) is 37.0 Å². The number of ether oxygens (including phenoxy) is 1. The maximum absolute atomic E-state index is 12.6.